The lowest BCUT2D eigenvalue weighted by molar-refractivity contribution is 0.312. The SMILES string of the molecule is CN1CCN(c2cc(-n3nc(Nc4cccc5c4CCC5)nc3N)ncn2)CC1. The van der Waals surface area contributed by atoms with E-state index in [4.69, 9.17) is 5.73 Å². The van der Waals surface area contributed by atoms with E-state index < -0.39 is 0 Å². The second kappa shape index (κ2) is 7.32. The van der Waals surface area contributed by atoms with Gasteiger partial charge >= 0.3 is 0 Å². The summed E-state index contributed by atoms with van der Waals surface area (Å²) in [5.74, 6) is 2.27. The summed E-state index contributed by atoms with van der Waals surface area (Å²) in [5, 5.41) is 7.89. The molecule has 2 aliphatic rings. The van der Waals surface area contributed by atoms with Gasteiger partial charge in [-0.25, -0.2) is 9.97 Å². The molecule has 2 aromatic heterocycles. The molecule has 3 N–H and O–H groups in total. The van der Waals surface area contributed by atoms with Gasteiger partial charge in [0.15, 0.2) is 5.82 Å². The molecule has 1 aliphatic carbocycles. The van der Waals surface area contributed by atoms with E-state index in [1.807, 2.05) is 6.07 Å². The van der Waals surface area contributed by atoms with E-state index in [0.29, 0.717) is 17.7 Å². The Morgan fingerprint density at radius 1 is 1.03 bits per heavy atom. The molecule has 9 nitrogen and oxygen atoms in total. The lowest BCUT2D eigenvalue weighted by Crippen LogP contribution is -2.44. The molecule has 3 aromatic rings. The summed E-state index contributed by atoms with van der Waals surface area (Å²) < 4.78 is 1.56. The van der Waals surface area contributed by atoms with Gasteiger partial charge < -0.3 is 20.9 Å². The molecule has 9 heteroatoms. The van der Waals surface area contributed by atoms with Gasteiger partial charge in [-0.3, -0.25) is 0 Å². The van der Waals surface area contributed by atoms with Crippen LogP contribution in [0.4, 0.5) is 23.4 Å². The third kappa shape index (κ3) is 3.49. The molecule has 0 spiro atoms. The normalized spacial score (nSPS) is 16.8. The summed E-state index contributed by atoms with van der Waals surface area (Å²) in [6.45, 7) is 3.90. The van der Waals surface area contributed by atoms with Crippen molar-refractivity contribution >= 4 is 23.4 Å². The van der Waals surface area contributed by atoms with Crippen LogP contribution in [-0.2, 0) is 12.8 Å². The first-order valence-electron chi connectivity index (χ1n) is 10.0. The number of hydrogen-bond acceptors (Lipinski definition) is 8. The summed E-state index contributed by atoms with van der Waals surface area (Å²) in [7, 11) is 2.13. The topological polar surface area (TPSA) is 101 Å². The van der Waals surface area contributed by atoms with Gasteiger partial charge in [0.25, 0.3) is 0 Å². The number of nitrogens with one attached hydrogen (secondary N) is 1. The van der Waals surface area contributed by atoms with Crippen LogP contribution < -0.4 is 16.0 Å². The number of rotatable bonds is 4. The molecule has 1 aliphatic heterocycles. The van der Waals surface area contributed by atoms with Crippen LogP contribution in [-0.4, -0.2) is 62.9 Å². The van der Waals surface area contributed by atoms with Crippen molar-refractivity contribution in [3.63, 3.8) is 0 Å². The molecule has 5 rings (SSSR count). The van der Waals surface area contributed by atoms with Crippen molar-refractivity contribution < 1.29 is 0 Å². The summed E-state index contributed by atoms with van der Waals surface area (Å²) in [6.07, 6.45) is 4.95. The number of anilines is 4. The molecule has 1 fully saturated rings. The van der Waals surface area contributed by atoms with Gasteiger partial charge in [-0.15, -0.1) is 5.10 Å². The van der Waals surface area contributed by atoms with Crippen LogP contribution in [0.2, 0.25) is 0 Å². The quantitative estimate of drug-likeness (QED) is 0.692. The molecule has 0 amide bonds. The second-order valence-electron chi connectivity index (χ2n) is 7.65. The minimum atomic E-state index is 0.295. The second-order valence-corrected chi connectivity index (χ2v) is 7.65. The number of nitrogen functional groups attached to an aromatic ring is 1. The smallest absolute Gasteiger partial charge is 0.248 e. The minimum absolute atomic E-state index is 0.295. The van der Waals surface area contributed by atoms with Gasteiger partial charge in [-0.05, 0) is 43.5 Å². The van der Waals surface area contributed by atoms with Crippen LogP contribution in [0.3, 0.4) is 0 Å². The average Bonchev–Trinajstić information content (AvgIpc) is 3.36. The Balaban J connectivity index is 1.40. The van der Waals surface area contributed by atoms with E-state index >= 15 is 0 Å². The van der Waals surface area contributed by atoms with Crippen molar-refractivity contribution in [1.82, 2.24) is 29.6 Å². The lowest BCUT2D eigenvalue weighted by Gasteiger charge is -2.33. The van der Waals surface area contributed by atoms with Crippen molar-refractivity contribution in [1.29, 1.82) is 0 Å². The molecule has 0 saturated carbocycles. The number of nitrogens with zero attached hydrogens (tertiary/aromatic N) is 7. The van der Waals surface area contributed by atoms with Gasteiger partial charge in [0.1, 0.15) is 12.1 Å². The van der Waals surface area contributed by atoms with Crippen molar-refractivity contribution in [3.05, 3.63) is 41.7 Å². The summed E-state index contributed by atoms with van der Waals surface area (Å²) in [6, 6.07) is 8.24. The van der Waals surface area contributed by atoms with Crippen LogP contribution >= 0.6 is 0 Å². The first kappa shape index (κ1) is 17.9. The maximum absolute atomic E-state index is 6.16. The monoisotopic (exact) mass is 391 g/mol. The molecule has 3 heterocycles. The molecule has 1 saturated heterocycles. The van der Waals surface area contributed by atoms with Crippen molar-refractivity contribution in [2.75, 3.05) is 49.2 Å². The van der Waals surface area contributed by atoms with Gasteiger partial charge in [-0.1, -0.05) is 12.1 Å². The Morgan fingerprint density at radius 3 is 2.72 bits per heavy atom. The maximum Gasteiger partial charge on any atom is 0.248 e. The zero-order valence-electron chi connectivity index (χ0n) is 16.5. The number of fused-ring (bicyclic) bond motifs is 1. The zero-order chi connectivity index (χ0) is 19.8. The van der Waals surface area contributed by atoms with Crippen LogP contribution in [0.25, 0.3) is 5.82 Å². The fraction of sp³-hybridized carbons (Fsp3) is 0.400. The van der Waals surface area contributed by atoms with Crippen molar-refractivity contribution in [2.45, 2.75) is 19.3 Å². The molecular formula is C20H25N9. The third-order valence-electron chi connectivity index (χ3n) is 5.71. The first-order valence-corrected chi connectivity index (χ1v) is 10.0. The highest BCUT2D eigenvalue weighted by Crippen LogP contribution is 2.30. The molecule has 0 unspecified atom stereocenters. The van der Waals surface area contributed by atoms with Crippen LogP contribution in [0.1, 0.15) is 17.5 Å². The van der Waals surface area contributed by atoms with E-state index in [-0.39, 0.29) is 0 Å². The molecule has 0 atom stereocenters. The van der Waals surface area contributed by atoms with Crippen LogP contribution in [0, 0.1) is 0 Å². The Hall–Kier alpha value is -3.20. The lowest BCUT2D eigenvalue weighted by atomic mass is 10.1. The van der Waals surface area contributed by atoms with Crippen molar-refractivity contribution in [3.8, 4) is 5.82 Å². The van der Waals surface area contributed by atoms with E-state index in [9.17, 15) is 0 Å². The molecule has 29 heavy (non-hydrogen) atoms. The zero-order valence-corrected chi connectivity index (χ0v) is 16.5. The predicted octanol–water partition coefficient (Wildman–Crippen LogP) is 1.62. The minimum Gasteiger partial charge on any atom is -0.368 e. The van der Waals surface area contributed by atoms with Gasteiger partial charge in [0, 0.05) is 37.9 Å². The van der Waals surface area contributed by atoms with E-state index in [0.717, 1.165) is 50.5 Å². The molecule has 0 bridgehead atoms. The summed E-state index contributed by atoms with van der Waals surface area (Å²) in [4.78, 5) is 17.8. The Morgan fingerprint density at radius 2 is 1.86 bits per heavy atom. The fourth-order valence-corrected chi connectivity index (χ4v) is 4.06. The molecule has 0 radical (unpaired) electrons. The number of likely N-dealkylation sites (N-methyl/N-ethyl adjacent to an activating group) is 1. The molecule has 1 aromatic carbocycles. The van der Waals surface area contributed by atoms with E-state index in [1.165, 1.54) is 17.5 Å². The predicted molar refractivity (Wildman–Crippen MR) is 113 cm³/mol. The number of benzene rings is 1. The van der Waals surface area contributed by atoms with Gasteiger partial charge in [0.2, 0.25) is 11.9 Å². The maximum atomic E-state index is 6.16. The largest absolute Gasteiger partial charge is 0.368 e. The highest BCUT2D eigenvalue weighted by Gasteiger charge is 2.19. The number of aromatic nitrogens is 5. The fourth-order valence-electron chi connectivity index (χ4n) is 4.06. The molecule has 150 valence electrons. The van der Waals surface area contributed by atoms with Crippen LogP contribution in [0.5, 0.6) is 0 Å². The highest BCUT2D eigenvalue weighted by atomic mass is 15.4. The average molecular weight is 391 g/mol. The Kier molecular flexibility index (Phi) is 4.51. The standard InChI is InChI=1S/C20H25N9/c1-27-8-10-28(11-9-27)17-12-18(23-13-22-17)29-19(21)25-20(26-29)24-16-7-3-5-14-4-2-6-15(14)16/h3,5,7,12-13H,2,4,6,8-11H2,1H3,(H3,21,24,25,26). The molecular weight excluding hydrogens is 366 g/mol. The van der Waals surface area contributed by atoms with E-state index in [1.54, 1.807) is 11.0 Å². The first-order chi connectivity index (χ1) is 14.2. The summed E-state index contributed by atoms with van der Waals surface area (Å²) >= 11 is 0. The van der Waals surface area contributed by atoms with Crippen molar-refractivity contribution in [2.24, 2.45) is 0 Å². The highest BCUT2D eigenvalue weighted by molar-refractivity contribution is 5.62. The van der Waals surface area contributed by atoms with Gasteiger partial charge in [0.05, 0.1) is 0 Å². The number of nitrogens with two attached hydrogens (primary N) is 1. The number of aryl methyl sites for hydroxylation is 1. The summed E-state index contributed by atoms with van der Waals surface area (Å²) in [5.41, 5.74) is 9.96. The third-order valence-corrected chi connectivity index (χ3v) is 5.71. The van der Waals surface area contributed by atoms with Crippen LogP contribution in [0.15, 0.2) is 30.6 Å². The Labute approximate surface area is 169 Å². The Bertz CT molecular complexity index is 1020. The van der Waals surface area contributed by atoms with E-state index in [2.05, 4.69) is 60.4 Å². The number of piperazine rings is 1. The van der Waals surface area contributed by atoms with Gasteiger partial charge in [-0.2, -0.15) is 9.67 Å². The number of hydrogen-bond donors (Lipinski definition) is 2.